The fourth-order valence-corrected chi connectivity index (χ4v) is 4.94. The number of nitrogens with one attached hydrogen (secondary N) is 2. The molecule has 0 aliphatic carbocycles. The zero-order valence-electron chi connectivity index (χ0n) is 15.9. The lowest BCUT2D eigenvalue weighted by molar-refractivity contribution is 0.0782. The number of hydrogen-bond acceptors (Lipinski definition) is 4. The number of aliphatic imine (C=N–C) groups is 1. The smallest absolute Gasteiger partial charge is 0.191 e. The Hall–Kier alpha value is -0.920. The lowest BCUT2D eigenvalue weighted by atomic mass is 9.99. The topological polar surface area (TPSA) is 45.7 Å². The molecule has 1 aromatic rings. The van der Waals surface area contributed by atoms with Gasteiger partial charge in [0.15, 0.2) is 5.96 Å². The number of thioether (sulfide) groups is 2. The van der Waals surface area contributed by atoms with Gasteiger partial charge in [-0.25, -0.2) is 4.39 Å². The quantitative estimate of drug-likeness (QED) is 0.516. The number of hydrogen-bond donors (Lipinski definition) is 2. The molecule has 0 spiro atoms. The molecule has 2 rings (SSSR count). The molecule has 0 amide bonds. The van der Waals surface area contributed by atoms with E-state index in [1.807, 2.05) is 24.1 Å². The molecule has 2 N–H and O–H groups in total. The Balaban J connectivity index is 1.93. The minimum atomic E-state index is -0.182. The van der Waals surface area contributed by atoms with Crippen LogP contribution in [0.3, 0.4) is 0 Å². The zero-order chi connectivity index (χ0) is 18.8. The zero-order valence-corrected chi connectivity index (χ0v) is 17.6. The first-order chi connectivity index (χ1) is 12.6. The van der Waals surface area contributed by atoms with Gasteiger partial charge in [0.1, 0.15) is 5.82 Å². The molecule has 1 aliphatic rings. The molecule has 1 heterocycles. The van der Waals surface area contributed by atoms with Crippen LogP contribution in [0.25, 0.3) is 0 Å². The first kappa shape index (κ1) is 21.4. The Bertz CT molecular complexity index is 587. The standard InChI is InChI=1S/C19H30FN3OS2/c1-4-26-19(7-9-24-10-8-19)14-23-18(21-2)22-12-15-5-6-17(20)11-16(15)13-25-3/h5-6,11H,4,7-10,12-14H2,1-3H3,(H2,21,22,23). The molecule has 0 saturated carbocycles. The van der Waals surface area contributed by atoms with Crippen LogP contribution in [-0.4, -0.2) is 49.5 Å². The molecule has 0 aromatic heterocycles. The maximum atomic E-state index is 13.5. The Morgan fingerprint density at radius 2 is 2.04 bits per heavy atom. The lowest BCUT2D eigenvalue weighted by Gasteiger charge is -2.37. The second-order valence-electron chi connectivity index (χ2n) is 6.35. The molecular weight excluding hydrogens is 369 g/mol. The van der Waals surface area contributed by atoms with Crippen molar-refractivity contribution in [2.24, 2.45) is 4.99 Å². The third-order valence-electron chi connectivity index (χ3n) is 4.57. The number of benzene rings is 1. The highest BCUT2D eigenvalue weighted by Crippen LogP contribution is 2.34. The fraction of sp³-hybridized carbons (Fsp3) is 0.632. The van der Waals surface area contributed by atoms with Gasteiger partial charge in [-0.05, 0) is 48.1 Å². The molecule has 26 heavy (non-hydrogen) atoms. The van der Waals surface area contributed by atoms with Crippen molar-refractivity contribution in [3.8, 4) is 0 Å². The molecule has 7 heteroatoms. The maximum absolute atomic E-state index is 13.5. The average molecular weight is 400 g/mol. The van der Waals surface area contributed by atoms with Crippen LogP contribution in [0.2, 0.25) is 0 Å². The van der Waals surface area contributed by atoms with Gasteiger partial charge in [-0.1, -0.05) is 13.0 Å². The van der Waals surface area contributed by atoms with E-state index >= 15 is 0 Å². The summed E-state index contributed by atoms with van der Waals surface area (Å²) in [5.74, 6) is 2.50. The Morgan fingerprint density at radius 3 is 2.69 bits per heavy atom. The highest BCUT2D eigenvalue weighted by molar-refractivity contribution is 8.00. The van der Waals surface area contributed by atoms with Crippen LogP contribution in [-0.2, 0) is 17.0 Å². The second-order valence-corrected chi connectivity index (χ2v) is 8.95. The maximum Gasteiger partial charge on any atom is 0.191 e. The summed E-state index contributed by atoms with van der Waals surface area (Å²) in [5.41, 5.74) is 2.13. The monoisotopic (exact) mass is 399 g/mol. The normalized spacial score (nSPS) is 17.2. The molecule has 1 saturated heterocycles. The predicted octanol–water partition coefficient (Wildman–Crippen LogP) is 3.66. The lowest BCUT2D eigenvalue weighted by Crippen LogP contribution is -2.48. The third-order valence-corrected chi connectivity index (χ3v) is 6.62. The molecule has 0 bridgehead atoms. The summed E-state index contributed by atoms with van der Waals surface area (Å²) in [7, 11) is 1.78. The van der Waals surface area contributed by atoms with E-state index in [1.165, 1.54) is 6.07 Å². The van der Waals surface area contributed by atoms with Gasteiger partial charge in [-0.15, -0.1) is 0 Å². The van der Waals surface area contributed by atoms with E-state index in [0.29, 0.717) is 6.54 Å². The third kappa shape index (κ3) is 6.35. The SMILES string of the molecule is CCSC1(CNC(=NC)NCc2ccc(F)cc2CSC)CCOCC1. The second kappa shape index (κ2) is 11.0. The number of halogens is 1. The fourth-order valence-electron chi connectivity index (χ4n) is 3.12. The average Bonchev–Trinajstić information content (AvgIpc) is 2.64. The van der Waals surface area contributed by atoms with Crippen LogP contribution < -0.4 is 10.6 Å². The van der Waals surface area contributed by atoms with Crippen LogP contribution in [0, 0.1) is 5.82 Å². The van der Waals surface area contributed by atoms with Crippen molar-refractivity contribution in [1.82, 2.24) is 10.6 Å². The van der Waals surface area contributed by atoms with Gasteiger partial charge in [0, 0.05) is 43.9 Å². The van der Waals surface area contributed by atoms with Gasteiger partial charge >= 0.3 is 0 Å². The van der Waals surface area contributed by atoms with E-state index in [9.17, 15) is 4.39 Å². The highest BCUT2D eigenvalue weighted by Gasteiger charge is 2.32. The van der Waals surface area contributed by atoms with Crippen LogP contribution in [0.5, 0.6) is 0 Å². The largest absolute Gasteiger partial charge is 0.381 e. The summed E-state index contributed by atoms with van der Waals surface area (Å²) >= 11 is 3.70. The van der Waals surface area contributed by atoms with Gasteiger partial charge in [0.2, 0.25) is 0 Å². The van der Waals surface area contributed by atoms with Crippen molar-refractivity contribution in [3.63, 3.8) is 0 Å². The number of ether oxygens (including phenoxy) is 1. The first-order valence-corrected chi connectivity index (χ1v) is 11.4. The van der Waals surface area contributed by atoms with Crippen LogP contribution >= 0.6 is 23.5 Å². The first-order valence-electron chi connectivity index (χ1n) is 9.05. The summed E-state index contributed by atoms with van der Waals surface area (Å²) in [5, 5.41) is 6.85. The molecule has 4 nitrogen and oxygen atoms in total. The van der Waals surface area contributed by atoms with E-state index in [1.54, 1.807) is 24.9 Å². The molecule has 0 unspecified atom stereocenters. The van der Waals surface area contributed by atoms with Crippen molar-refractivity contribution >= 4 is 29.5 Å². The van der Waals surface area contributed by atoms with Crippen molar-refractivity contribution < 1.29 is 9.13 Å². The van der Waals surface area contributed by atoms with Gasteiger partial charge in [0.05, 0.1) is 0 Å². The highest BCUT2D eigenvalue weighted by atomic mass is 32.2. The molecule has 1 fully saturated rings. The molecule has 146 valence electrons. The van der Waals surface area contributed by atoms with Crippen molar-refractivity contribution in [2.45, 2.75) is 36.8 Å². The number of guanidine groups is 1. The number of rotatable bonds is 8. The van der Waals surface area contributed by atoms with Crippen LogP contribution in [0.4, 0.5) is 4.39 Å². The van der Waals surface area contributed by atoms with Crippen molar-refractivity contribution in [2.75, 3.05) is 38.8 Å². The Labute approximate surface area is 165 Å². The Kier molecular flexibility index (Phi) is 9.08. The van der Waals surface area contributed by atoms with E-state index in [-0.39, 0.29) is 10.6 Å². The molecular formula is C19H30FN3OS2. The summed E-state index contributed by atoms with van der Waals surface area (Å²) in [4.78, 5) is 4.35. The van der Waals surface area contributed by atoms with Crippen molar-refractivity contribution in [3.05, 3.63) is 35.1 Å². The summed E-state index contributed by atoms with van der Waals surface area (Å²) in [6, 6.07) is 5.00. The summed E-state index contributed by atoms with van der Waals surface area (Å²) in [6.07, 6.45) is 4.15. The minimum Gasteiger partial charge on any atom is -0.381 e. The van der Waals surface area contributed by atoms with Crippen molar-refractivity contribution in [1.29, 1.82) is 0 Å². The van der Waals surface area contributed by atoms with Gasteiger partial charge in [-0.3, -0.25) is 4.99 Å². The summed E-state index contributed by atoms with van der Waals surface area (Å²) in [6.45, 7) is 5.36. The van der Waals surface area contributed by atoms with Gasteiger partial charge < -0.3 is 15.4 Å². The summed E-state index contributed by atoms with van der Waals surface area (Å²) < 4.78 is 19.2. The van der Waals surface area contributed by atoms with E-state index in [0.717, 1.165) is 61.2 Å². The van der Waals surface area contributed by atoms with E-state index < -0.39 is 0 Å². The molecule has 1 aliphatic heterocycles. The predicted molar refractivity (Wildman–Crippen MR) is 113 cm³/mol. The minimum absolute atomic E-state index is 0.182. The van der Waals surface area contributed by atoms with E-state index in [2.05, 4.69) is 22.5 Å². The van der Waals surface area contributed by atoms with Crippen LogP contribution in [0.15, 0.2) is 23.2 Å². The number of nitrogens with zero attached hydrogens (tertiary/aromatic N) is 1. The van der Waals surface area contributed by atoms with Gasteiger partial charge in [0.25, 0.3) is 0 Å². The van der Waals surface area contributed by atoms with Gasteiger partial charge in [-0.2, -0.15) is 23.5 Å². The molecule has 0 radical (unpaired) electrons. The molecule has 0 atom stereocenters. The Morgan fingerprint density at radius 1 is 1.27 bits per heavy atom. The van der Waals surface area contributed by atoms with Crippen LogP contribution in [0.1, 0.15) is 30.9 Å². The molecule has 1 aromatic carbocycles. The van der Waals surface area contributed by atoms with E-state index in [4.69, 9.17) is 4.74 Å².